The minimum atomic E-state index is -3.62. The van der Waals surface area contributed by atoms with E-state index in [9.17, 15) is 8.42 Å². The lowest BCUT2D eigenvalue weighted by atomic mass is 10.1. The van der Waals surface area contributed by atoms with Gasteiger partial charge in [0.2, 0.25) is 15.3 Å². The smallest absolute Gasteiger partial charge is 0.243 e. The molecule has 1 aromatic carbocycles. The van der Waals surface area contributed by atoms with E-state index in [1.54, 1.807) is 7.11 Å². The first-order chi connectivity index (χ1) is 10.0. The van der Waals surface area contributed by atoms with E-state index in [4.69, 9.17) is 16.3 Å². The Labute approximate surface area is 128 Å². The molecule has 0 aliphatic rings. The Hall–Kier alpha value is -1.70. The molecule has 0 saturated heterocycles. The molecule has 0 bridgehead atoms. The summed E-state index contributed by atoms with van der Waals surface area (Å²) >= 11 is 5.52. The number of sulfonamides is 1. The summed E-state index contributed by atoms with van der Waals surface area (Å²) in [5, 5.41) is 0.00665. The van der Waals surface area contributed by atoms with Gasteiger partial charge in [-0.15, -0.1) is 0 Å². The summed E-state index contributed by atoms with van der Waals surface area (Å²) in [6.07, 6.45) is 2.91. The van der Waals surface area contributed by atoms with Crippen molar-refractivity contribution >= 4 is 21.6 Å². The molecule has 1 aromatic heterocycles. The molecule has 0 aliphatic carbocycles. The van der Waals surface area contributed by atoms with E-state index >= 15 is 0 Å². The lowest BCUT2D eigenvalue weighted by molar-refractivity contribution is 0.414. The van der Waals surface area contributed by atoms with Gasteiger partial charge in [0, 0.05) is 6.54 Å². The second kappa shape index (κ2) is 6.84. The number of aromatic nitrogens is 2. The summed E-state index contributed by atoms with van der Waals surface area (Å²) in [7, 11) is -2.02. The fourth-order valence-corrected chi connectivity index (χ4v) is 2.66. The number of nitrogens with zero attached hydrogens (tertiary/aromatic N) is 2. The summed E-state index contributed by atoms with van der Waals surface area (Å²) in [4.78, 5) is 7.29. The normalized spacial score (nSPS) is 11.3. The summed E-state index contributed by atoms with van der Waals surface area (Å²) < 4.78 is 31.5. The third kappa shape index (κ3) is 4.38. The molecule has 1 N–H and O–H groups in total. The molecule has 0 spiro atoms. The van der Waals surface area contributed by atoms with Crippen LogP contribution in [0.3, 0.4) is 0 Å². The highest BCUT2D eigenvalue weighted by atomic mass is 35.5. The summed E-state index contributed by atoms with van der Waals surface area (Å²) in [5.74, 6) is 0.762. The Kier molecular flexibility index (Phi) is 5.11. The third-order valence-corrected chi connectivity index (χ3v) is 4.38. The van der Waals surface area contributed by atoms with Crippen LogP contribution in [0.2, 0.25) is 5.28 Å². The maximum Gasteiger partial charge on any atom is 0.243 e. The number of halogens is 1. The Morgan fingerprint density at radius 3 is 2.38 bits per heavy atom. The predicted octanol–water partition coefficient (Wildman–Crippen LogP) is 1.66. The Bertz CT molecular complexity index is 688. The zero-order valence-corrected chi connectivity index (χ0v) is 12.9. The Morgan fingerprint density at radius 2 is 1.81 bits per heavy atom. The molecule has 0 amide bonds. The van der Waals surface area contributed by atoms with Crippen molar-refractivity contribution in [1.29, 1.82) is 0 Å². The van der Waals surface area contributed by atoms with Gasteiger partial charge in [0.1, 0.15) is 10.6 Å². The van der Waals surface area contributed by atoms with Crippen molar-refractivity contribution in [3.05, 3.63) is 47.5 Å². The van der Waals surface area contributed by atoms with Crippen LogP contribution in [0.4, 0.5) is 0 Å². The molecule has 1 heterocycles. The molecule has 2 aromatic rings. The van der Waals surface area contributed by atoms with Crippen molar-refractivity contribution in [2.45, 2.75) is 11.3 Å². The first-order valence-electron chi connectivity index (χ1n) is 6.11. The second-order valence-electron chi connectivity index (χ2n) is 4.18. The first-order valence-corrected chi connectivity index (χ1v) is 7.97. The molecule has 21 heavy (non-hydrogen) atoms. The predicted molar refractivity (Wildman–Crippen MR) is 78.9 cm³/mol. The Balaban J connectivity index is 1.93. The molecule has 0 aliphatic heterocycles. The number of ether oxygens (including phenoxy) is 1. The van der Waals surface area contributed by atoms with Crippen LogP contribution in [0.25, 0.3) is 0 Å². The minimum absolute atomic E-state index is 0.00665. The van der Waals surface area contributed by atoms with E-state index in [0.29, 0.717) is 6.42 Å². The molecule has 0 fully saturated rings. The molecule has 112 valence electrons. The standard InChI is InChI=1S/C13H14ClN3O3S/c1-20-11-4-2-10(3-5-11)6-7-17-21(18,19)12-8-15-13(14)16-9-12/h2-5,8-9,17H,6-7H2,1H3. The van der Waals surface area contributed by atoms with Crippen molar-refractivity contribution in [1.82, 2.24) is 14.7 Å². The SMILES string of the molecule is COc1ccc(CCNS(=O)(=O)c2cnc(Cl)nc2)cc1. The number of hydrogen-bond donors (Lipinski definition) is 1. The van der Waals surface area contributed by atoms with Crippen molar-refractivity contribution in [3.63, 3.8) is 0 Å². The van der Waals surface area contributed by atoms with Crippen molar-refractivity contribution in [2.75, 3.05) is 13.7 Å². The van der Waals surface area contributed by atoms with E-state index in [-0.39, 0.29) is 16.7 Å². The lowest BCUT2D eigenvalue weighted by Crippen LogP contribution is -2.26. The number of methoxy groups -OCH3 is 1. The van der Waals surface area contributed by atoms with Crippen LogP contribution in [0.1, 0.15) is 5.56 Å². The van der Waals surface area contributed by atoms with Gasteiger partial charge in [-0.25, -0.2) is 23.1 Å². The van der Waals surface area contributed by atoms with Gasteiger partial charge < -0.3 is 4.74 Å². The fourth-order valence-electron chi connectivity index (χ4n) is 1.64. The average Bonchev–Trinajstić information content (AvgIpc) is 2.48. The van der Waals surface area contributed by atoms with Gasteiger partial charge in [-0.05, 0) is 35.7 Å². The zero-order valence-electron chi connectivity index (χ0n) is 11.3. The third-order valence-electron chi connectivity index (χ3n) is 2.77. The Morgan fingerprint density at radius 1 is 1.19 bits per heavy atom. The van der Waals surface area contributed by atoms with E-state index in [1.165, 1.54) is 12.4 Å². The quantitative estimate of drug-likeness (QED) is 0.816. The summed E-state index contributed by atoms with van der Waals surface area (Å²) in [5.41, 5.74) is 1.01. The highest BCUT2D eigenvalue weighted by Gasteiger charge is 2.14. The topological polar surface area (TPSA) is 81.2 Å². The maximum absolute atomic E-state index is 12.0. The van der Waals surface area contributed by atoms with Gasteiger partial charge in [0.05, 0.1) is 19.5 Å². The van der Waals surface area contributed by atoms with E-state index in [0.717, 1.165) is 11.3 Å². The molecule has 2 rings (SSSR count). The number of hydrogen-bond acceptors (Lipinski definition) is 5. The van der Waals surface area contributed by atoms with Gasteiger partial charge in [-0.3, -0.25) is 0 Å². The van der Waals surface area contributed by atoms with E-state index in [1.807, 2.05) is 24.3 Å². The molecule has 0 unspecified atom stereocenters. The van der Waals surface area contributed by atoms with Crippen LogP contribution in [0.5, 0.6) is 5.75 Å². The monoisotopic (exact) mass is 327 g/mol. The van der Waals surface area contributed by atoms with Crippen molar-refractivity contribution in [3.8, 4) is 5.75 Å². The van der Waals surface area contributed by atoms with Gasteiger partial charge in [0.15, 0.2) is 0 Å². The van der Waals surface area contributed by atoms with Crippen molar-refractivity contribution in [2.24, 2.45) is 0 Å². The number of rotatable bonds is 6. The van der Waals surface area contributed by atoms with Crippen LogP contribution in [0.15, 0.2) is 41.6 Å². The van der Waals surface area contributed by atoms with Crippen LogP contribution < -0.4 is 9.46 Å². The minimum Gasteiger partial charge on any atom is -0.497 e. The van der Waals surface area contributed by atoms with Crippen LogP contribution in [-0.4, -0.2) is 32.0 Å². The van der Waals surface area contributed by atoms with E-state index < -0.39 is 10.0 Å². The highest BCUT2D eigenvalue weighted by Crippen LogP contribution is 2.12. The molecular weight excluding hydrogens is 314 g/mol. The van der Waals surface area contributed by atoms with Gasteiger partial charge in [0.25, 0.3) is 0 Å². The van der Waals surface area contributed by atoms with Gasteiger partial charge in [-0.1, -0.05) is 12.1 Å². The van der Waals surface area contributed by atoms with Crippen LogP contribution in [0, 0.1) is 0 Å². The maximum atomic E-state index is 12.0. The largest absolute Gasteiger partial charge is 0.497 e. The first kappa shape index (κ1) is 15.7. The second-order valence-corrected chi connectivity index (χ2v) is 6.29. The van der Waals surface area contributed by atoms with Gasteiger partial charge in [-0.2, -0.15) is 0 Å². The molecule has 8 heteroatoms. The summed E-state index contributed by atoms with van der Waals surface area (Å²) in [6.45, 7) is 0.275. The van der Waals surface area contributed by atoms with E-state index in [2.05, 4.69) is 14.7 Å². The highest BCUT2D eigenvalue weighted by molar-refractivity contribution is 7.89. The molecule has 0 saturated carbocycles. The number of benzene rings is 1. The van der Waals surface area contributed by atoms with Crippen LogP contribution >= 0.6 is 11.6 Å². The van der Waals surface area contributed by atoms with Gasteiger partial charge >= 0.3 is 0 Å². The molecule has 0 atom stereocenters. The fraction of sp³-hybridized carbons (Fsp3) is 0.231. The lowest BCUT2D eigenvalue weighted by Gasteiger charge is -2.07. The van der Waals surface area contributed by atoms with Crippen LogP contribution in [-0.2, 0) is 16.4 Å². The zero-order chi connectivity index (χ0) is 15.3. The summed E-state index contributed by atoms with van der Waals surface area (Å²) in [6, 6.07) is 7.44. The molecule has 0 radical (unpaired) electrons. The molecular formula is C13H14ClN3O3S. The number of nitrogens with one attached hydrogen (secondary N) is 1. The van der Waals surface area contributed by atoms with Crippen molar-refractivity contribution < 1.29 is 13.2 Å². The molecule has 6 nitrogen and oxygen atoms in total. The average molecular weight is 328 g/mol.